The van der Waals surface area contributed by atoms with Gasteiger partial charge in [-0.05, 0) is 6.42 Å². The first kappa shape index (κ1) is 9.62. The maximum absolute atomic E-state index is 8.82. The summed E-state index contributed by atoms with van der Waals surface area (Å²) >= 11 is 0. The Morgan fingerprint density at radius 3 is 2.70 bits per heavy atom. The lowest BCUT2D eigenvalue weighted by Crippen LogP contribution is -2.09. The fourth-order valence-corrected chi connectivity index (χ4v) is 0.492. The summed E-state index contributed by atoms with van der Waals surface area (Å²) in [6.45, 7) is 0.371. The Kier molecular flexibility index (Phi) is 6.48. The SMILES string of the molecule is COC/C=C/C[C@@H](O)CO. The number of hydrogen-bond donors (Lipinski definition) is 2. The van der Waals surface area contributed by atoms with Crippen molar-refractivity contribution in [2.45, 2.75) is 12.5 Å². The lowest BCUT2D eigenvalue weighted by Gasteiger charge is -2.00. The van der Waals surface area contributed by atoms with Crippen LogP contribution in [0.3, 0.4) is 0 Å². The Morgan fingerprint density at radius 2 is 2.20 bits per heavy atom. The van der Waals surface area contributed by atoms with Crippen LogP contribution in [-0.2, 0) is 4.74 Å². The fourth-order valence-electron chi connectivity index (χ4n) is 0.492. The van der Waals surface area contributed by atoms with Crippen molar-refractivity contribution in [1.82, 2.24) is 0 Å². The van der Waals surface area contributed by atoms with Gasteiger partial charge in [0.15, 0.2) is 0 Å². The molecule has 0 aliphatic heterocycles. The third-order valence-electron chi connectivity index (χ3n) is 1.05. The van der Waals surface area contributed by atoms with E-state index in [1.165, 1.54) is 0 Å². The highest BCUT2D eigenvalue weighted by Gasteiger charge is 1.95. The van der Waals surface area contributed by atoms with Crippen molar-refractivity contribution in [3.63, 3.8) is 0 Å². The molecule has 0 spiro atoms. The van der Waals surface area contributed by atoms with Crippen molar-refractivity contribution in [2.24, 2.45) is 0 Å². The van der Waals surface area contributed by atoms with Gasteiger partial charge in [0.05, 0.1) is 19.3 Å². The Bertz CT molecular complexity index is 90.9. The van der Waals surface area contributed by atoms with Gasteiger partial charge < -0.3 is 14.9 Å². The summed E-state index contributed by atoms with van der Waals surface area (Å²) in [5, 5.41) is 17.2. The van der Waals surface area contributed by atoms with Crippen LogP contribution >= 0.6 is 0 Å². The van der Waals surface area contributed by atoms with E-state index < -0.39 is 6.10 Å². The second-order valence-electron chi connectivity index (χ2n) is 2.00. The zero-order valence-corrected chi connectivity index (χ0v) is 6.16. The van der Waals surface area contributed by atoms with Gasteiger partial charge in [-0.3, -0.25) is 0 Å². The Hall–Kier alpha value is -0.380. The Labute approximate surface area is 60.9 Å². The van der Waals surface area contributed by atoms with E-state index in [1.54, 1.807) is 19.3 Å². The molecule has 0 aliphatic rings. The molecule has 0 aromatic rings. The summed E-state index contributed by atoms with van der Waals surface area (Å²) in [5.74, 6) is 0. The number of methoxy groups -OCH3 is 1. The third kappa shape index (κ3) is 5.75. The first-order chi connectivity index (χ1) is 4.81. The zero-order valence-electron chi connectivity index (χ0n) is 6.16. The summed E-state index contributed by atoms with van der Waals surface area (Å²) in [6, 6.07) is 0. The summed E-state index contributed by atoms with van der Waals surface area (Å²) in [4.78, 5) is 0. The normalized spacial score (nSPS) is 14.3. The molecule has 0 radical (unpaired) electrons. The fraction of sp³-hybridized carbons (Fsp3) is 0.714. The maximum atomic E-state index is 8.82. The van der Waals surface area contributed by atoms with Gasteiger partial charge in [-0.25, -0.2) is 0 Å². The first-order valence-corrected chi connectivity index (χ1v) is 3.24. The topological polar surface area (TPSA) is 49.7 Å². The van der Waals surface area contributed by atoms with E-state index in [2.05, 4.69) is 0 Å². The van der Waals surface area contributed by atoms with Crippen LogP contribution in [0.5, 0.6) is 0 Å². The van der Waals surface area contributed by atoms with E-state index in [9.17, 15) is 0 Å². The molecule has 0 amide bonds. The number of rotatable bonds is 5. The van der Waals surface area contributed by atoms with Crippen molar-refractivity contribution in [1.29, 1.82) is 0 Å². The van der Waals surface area contributed by atoms with E-state index in [0.29, 0.717) is 13.0 Å². The molecule has 10 heavy (non-hydrogen) atoms. The smallest absolute Gasteiger partial charge is 0.0805 e. The molecule has 2 N–H and O–H groups in total. The molecule has 0 rings (SSSR count). The lowest BCUT2D eigenvalue weighted by molar-refractivity contribution is 0.0974. The van der Waals surface area contributed by atoms with Gasteiger partial charge >= 0.3 is 0 Å². The third-order valence-corrected chi connectivity index (χ3v) is 1.05. The maximum Gasteiger partial charge on any atom is 0.0805 e. The van der Waals surface area contributed by atoms with Gasteiger partial charge in [0.25, 0.3) is 0 Å². The molecular formula is C7H14O3. The quantitative estimate of drug-likeness (QED) is 0.534. The molecule has 1 atom stereocenters. The minimum Gasteiger partial charge on any atom is -0.394 e. The summed E-state index contributed by atoms with van der Waals surface area (Å²) in [7, 11) is 1.60. The molecule has 0 aromatic carbocycles. The molecular weight excluding hydrogens is 132 g/mol. The van der Waals surface area contributed by atoms with Crippen LogP contribution in [0.4, 0.5) is 0 Å². The predicted molar refractivity (Wildman–Crippen MR) is 38.7 cm³/mol. The van der Waals surface area contributed by atoms with Crippen molar-refractivity contribution in [3.8, 4) is 0 Å². The minimum atomic E-state index is -0.631. The van der Waals surface area contributed by atoms with Crippen LogP contribution in [0.15, 0.2) is 12.2 Å². The van der Waals surface area contributed by atoms with Crippen molar-refractivity contribution < 1.29 is 14.9 Å². The van der Waals surface area contributed by atoms with Crippen LogP contribution in [-0.4, -0.2) is 36.6 Å². The van der Waals surface area contributed by atoms with E-state index >= 15 is 0 Å². The van der Waals surface area contributed by atoms with Gasteiger partial charge in [-0.15, -0.1) is 0 Å². The summed E-state index contributed by atoms with van der Waals surface area (Å²) in [5.41, 5.74) is 0. The molecule has 3 nitrogen and oxygen atoms in total. The van der Waals surface area contributed by atoms with Crippen LogP contribution in [0.2, 0.25) is 0 Å². The molecule has 60 valence electrons. The van der Waals surface area contributed by atoms with Gasteiger partial charge in [-0.2, -0.15) is 0 Å². The van der Waals surface area contributed by atoms with E-state index in [1.807, 2.05) is 0 Å². The lowest BCUT2D eigenvalue weighted by atomic mass is 10.2. The van der Waals surface area contributed by atoms with Crippen LogP contribution < -0.4 is 0 Å². The molecule has 0 saturated carbocycles. The molecule has 0 aromatic heterocycles. The second-order valence-corrected chi connectivity index (χ2v) is 2.00. The van der Waals surface area contributed by atoms with E-state index in [4.69, 9.17) is 14.9 Å². The first-order valence-electron chi connectivity index (χ1n) is 3.24. The van der Waals surface area contributed by atoms with Gasteiger partial charge in [0.1, 0.15) is 0 Å². The molecule has 0 heterocycles. The summed E-state index contributed by atoms with van der Waals surface area (Å²) < 4.78 is 4.73. The molecule has 0 bridgehead atoms. The van der Waals surface area contributed by atoms with E-state index in [0.717, 1.165) is 0 Å². The predicted octanol–water partition coefficient (Wildman–Crippen LogP) is -0.0677. The average molecular weight is 146 g/mol. The molecule has 0 aliphatic carbocycles. The Balaban J connectivity index is 3.16. The molecule has 0 fully saturated rings. The average Bonchev–Trinajstić information content (AvgIpc) is 1.98. The highest BCUT2D eigenvalue weighted by atomic mass is 16.5. The summed E-state index contributed by atoms with van der Waals surface area (Å²) in [6.07, 6.45) is 3.44. The van der Waals surface area contributed by atoms with Gasteiger partial charge in [-0.1, -0.05) is 12.2 Å². The highest BCUT2D eigenvalue weighted by molar-refractivity contribution is 4.83. The van der Waals surface area contributed by atoms with Crippen LogP contribution in [0.25, 0.3) is 0 Å². The van der Waals surface area contributed by atoms with E-state index in [-0.39, 0.29) is 6.61 Å². The number of ether oxygens (including phenoxy) is 1. The number of aliphatic hydroxyl groups excluding tert-OH is 2. The largest absolute Gasteiger partial charge is 0.394 e. The number of aliphatic hydroxyl groups is 2. The minimum absolute atomic E-state index is 0.183. The Morgan fingerprint density at radius 1 is 1.50 bits per heavy atom. The monoisotopic (exact) mass is 146 g/mol. The van der Waals surface area contributed by atoms with Crippen LogP contribution in [0.1, 0.15) is 6.42 Å². The highest BCUT2D eigenvalue weighted by Crippen LogP contribution is 1.90. The molecule has 0 unspecified atom stereocenters. The van der Waals surface area contributed by atoms with Crippen molar-refractivity contribution >= 4 is 0 Å². The second kappa shape index (κ2) is 6.74. The number of hydrogen-bond acceptors (Lipinski definition) is 3. The van der Waals surface area contributed by atoms with Crippen molar-refractivity contribution in [2.75, 3.05) is 20.3 Å². The molecule has 0 saturated heterocycles. The zero-order chi connectivity index (χ0) is 7.82. The van der Waals surface area contributed by atoms with Gasteiger partial charge in [0.2, 0.25) is 0 Å². The van der Waals surface area contributed by atoms with Gasteiger partial charge in [0, 0.05) is 7.11 Å². The van der Waals surface area contributed by atoms with Crippen LogP contribution in [0, 0.1) is 0 Å². The standard InChI is InChI=1S/C7H14O3/c1-10-5-3-2-4-7(9)6-8/h2-3,7-9H,4-6H2,1H3/b3-2+/t7-/m1/s1. The van der Waals surface area contributed by atoms with Crippen molar-refractivity contribution in [3.05, 3.63) is 12.2 Å². The molecule has 3 heteroatoms.